The minimum absolute atomic E-state index is 0.518. The predicted octanol–water partition coefficient (Wildman–Crippen LogP) is 1.46. The first-order valence-electron chi connectivity index (χ1n) is 4.87. The molecule has 4 N–H and O–H groups in total. The van der Waals surface area contributed by atoms with E-state index in [-0.39, 0.29) is 0 Å². The molecule has 4 nitrogen and oxygen atoms in total. The second-order valence-electron chi connectivity index (χ2n) is 2.82. The second-order valence-corrected chi connectivity index (χ2v) is 2.82. The van der Waals surface area contributed by atoms with Gasteiger partial charge in [0.15, 0.2) is 0 Å². The van der Waals surface area contributed by atoms with Crippen molar-refractivity contribution in [3.05, 3.63) is 35.9 Å². The summed E-state index contributed by atoms with van der Waals surface area (Å²) in [4.78, 5) is 10.1. The van der Waals surface area contributed by atoms with E-state index >= 15 is 0 Å². The maximum absolute atomic E-state index is 10.1. The molecule has 1 aromatic carbocycles. The van der Waals surface area contributed by atoms with Crippen LogP contribution in [0.3, 0.4) is 0 Å². The number of carboxylic acid groups (broad SMARTS) is 1. The van der Waals surface area contributed by atoms with E-state index in [2.05, 4.69) is 11.1 Å². The molecule has 0 atom stereocenters. The highest BCUT2D eigenvalue weighted by Gasteiger charge is 1.94. The molecule has 0 aliphatic carbocycles. The Morgan fingerprint density at radius 1 is 1.33 bits per heavy atom. The maximum atomic E-state index is 10.1. The van der Waals surface area contributed by atoms with Crippen LogP contribution < -0.4 is 11.1 Å². The Hall–Kier alpha value is -1.55. The quantitative estimate of drug-likeness (QED) is 0.658. The van der Waals surface area contributed by atoms with Crippen molar-refractivity contribution in [3.8, 4) is 0 Å². The highest BCUT2D eigenvalue weighted by atomic mass is 16.4. The van der Waals surface area contributed by atoms with E-state index in [0.29, 0.717) is 6.54 Å². The van der Waals surface area contributed by atoms with Gasteiger partial charge in [-0.2, -0.15) is 0 Å². The average Bonchev–Trinajstić information content (AvgIpc) is 2.28. The van der Waals surface area contributed by atoms with E-state index in [0.717, 1.165) is 12.8 Å². The van der Waals surface area contributed by atoms with Crippen molar-refractivity contribution in [2.75, 3.05) is 13.6 Å². The van der Waals surface area contributed by atoms with Crippen LogP contribution in [0, 0.1) is 0 Å². The Balaban J connectivity index is 0.000000921. The first-order chi connectivity index (χ1) is 7.29. The normalized spacial score (nSPS) is 8.67. The van der Waals surface area contributed by atoms with E-state index in [1.165, 1.54) is 12.6 Å². The van der Waals surface area contributed by atoms with E-state index in [9.17, 15) is 4.79 Å². The number of hydrogen-bond donors (Lipinski definition) is 3. The van der Waals surface area contributed by atoms with Gasteiger partial charge in [-0.15, -0.1) is 0 Å². The number of aryl methyl sites for hydroxylation is 1. The lowest BCUT2D eigenvalue weighted by Gasteiger charge is -2.00. The molecule has 1 amide bonds. The van der Waals surface area contributed by atoms with Gasteiger partial charge < -0.3 is 16.2 Å². The lowest BCUT2D eigenvalue weighted by Crippen LogP contribution is -2.22. The van der Waals surface area contributed by atoms with Crippen molar-refractivity contribution < 1.29 is 9.90 Å². The number of amides is 1. The molecular formula is C11H18N2O2. The van der Waals surface area contributed by atoms with Crippen LogP contribution in [0.2, 0.25) is 0 Å². The summed E-state index contributed by atoms with van der Waals surface area (Å²) in [6, 6.07) is 10.0. The summed E-state index contributed by atoms with van der Waals surface area (Å²) < 4.78 is 0. The zero-order valence-corrected chi connectivity index (χ0v) is 8.94. The molecule has 1 rings (SSSR count). The van der Waals surface area contributed by atoms with Crippen LogP contribution in [0.1, 0.15) is 12.0 Å². The van der Waals surface area contributed by atoms with Crippen LogP contribution in [0.5, 0.6) is 0 Å². The summed E-state index contributed by atoms with van der Waals surface area (Å²) in [5.41, 5.74) is 5.75. The average molecular weight is 210 g/mol. The summed E-state index contributed by atoms with van der Waals surface area (Å²) in [5, 5.41) is 10.6. The Bertz CT molecular complexity index is 263. The van der Waals surface area contributed by atoms with Gasteiger partial charge in [0, 0.05) is 6.54 Å². The Morgan fingerprint density at radius 3 is 2.47 bits per heavy atom. The van der Waals surface area contributed by atoms with Gasteiger partial charge in [-0.05, 0) is 25.5 Å². The molecule has 0 bridgehead atoms. The fourth-order valence-corrected chi connectivity index (χ4v) is 1.13. The van der Waals surface area contributed by atoms with Crippen molar-refractivity contribution in [1.82, 2.24) is 5.32 Å². The second kappa shape index (κ2) is 9.02. The molecule has 84 valence electrons. The maximum Gasteiger partial charge on any atom is 0.404 e. The number of hydrogen-bond acceptors (Lipinski definition) is 2. The van der Waals surface area contributed by atoms with Crippen LogP contribution in [0.25, 0.3) is 0 Å². The van der Waals surface area contributed by atoms with Crippen molar-refractivity contribution in [3.63, 3.8) is 0 Å². The SMILES string of the molecule is CN.O=C(O)NCCCc1ccccc1. The molecule has 0 fully saturated rings. The highest BCUT2D eigenvalue weighted by Crippen LogP contribution is 2.01. The largest absolute Gasteiger partial charge is 0.465 e. The van der Waals surface area contributed by atoms with E-state index < -0.39 is 6.09 Å². The third-order valence-corrected chi connectivity index (χ3v) is 1.76. The molecule has 0 aliphatic heterocycles. The van der Waals surface area contributed by atoms with Crippen molar-refractivity contribution in [2.45, 2.75) is 12.8 Å². The zero-order valence-electron chi connectivity index (χ0n) is 8.94. The lowest BCUT2D eigenvalue weighted by molar-refractivity contribution is 0.194. The smallest absolute Gasteiger partial charge is 0.404 e. The van der Waals surface area contributed by atoms with Crippen LogP contribution in [-0.4, -0.2) is 24.8 Å². The monoisotopic (exact) mass is 210 g/mol. The molecule has 0 spiro atoms. The van der Waals surface area contributed by atoms with Crippen molar-refractivity contribution in [2.24, 2.45) is 5.73 Å². The van der Waals surface area contributed by atoms with Gasteiger partial charge in [-0.3, -0.25) is 0 Å². The fraction of sp³-hybridized carbons (Fsp3) is 0.364. The molecule has 0 aromatic heterocycles. The number of benzene rings is 1. The molecule has 15 heavy (non-hydrogen) atoms. The Labute approximate surface area is 90.1 Å². The molecule has 0 saturated carbocycles. The Morgan fingerprint density at radius 2 is 1.93 bits per heavy atom. The molecule has 4 heteroatoms. The van der Waals surface area contributed by atoms with Gasteiger partial charge in [-0.1, -0.05) is 30.3 Å². The molecule has 0 saturated heterocycles. The summed E-state index contributed by atoms with van der Waals surface area (Å²) in [5.74, 6) is 0. The van der Waals surface area contributed by atoms with Crippen LogP contribution in [-0.2, 0) is 6.42 Å². The number of rotatable bonds is 4. The molecule has 1 aromatic rings. The Kier molecular flexibility index (Phi) is 8.09. The van der Waals surface area contributed by atoms with E-state index in [4.69, 9.17) is 5.11 Å². The molecule has 0 unspecified atom stereocenters. The van der Waals surface area contributed by atoms with E-state index in [1.54, 1.807) is 0 Å². The third-order valence-electron chi connectivity index (χ3n) is 1.76. The number of carbonyl (C=O) groups is 1. The predicted molar refractivity (Wildman–Crippen MR) is 60.9 cm³/mol. The standard InChI is InChI=1S/C10H13NO2.CH5N/c12-10(13)11-8-4-7-9-5-2-1-3-6-9;1-2/h1-3,5-6,11H,4,7-8H2,(H,12,13);2H2,1H3. The van der Waals surface area contributed by atoms with Crippen LogP contribution in [0.4, 0.5) is 4.79 Å². The third kappa shape index (κ3) is 7.52. The molecular weight excluding hydrogens is 192 g/mol. The minimum atomic E-state index is -0.951. The van der Waals surface area contributed by atoms with Gasteiger partial charge in [-0.25, -0.2) is 4.79 Å². The highest BCUT2D eigenvalue weighted by molar-refractivity contribution is 5.64. The molecule has 0 heterocycles. The number of nitrogens with two attached hydrogens (primary N) is 1. The first-order valence-corrected chi connectivity index (χ1v) is 4.87. The molecule has 0 aliphatic rings. The van der Waals surface area contributed by atoms with Gasteiger partial charge in [0.1, 0.15) is 0 Å². The van der Waals surface area contributed by atoms with Gasteiger partial charge >= 0.3 is 6.09 Å². The summed E-state index contributed by atoms with van der Waals surface area (Å²) in [6.45, 7) is 0.518. The summed E-state index contributed by atoms with van der Waals surface area (Å²) in [7, 11) is 1.50. The van der Waals surface area contributed by atoms with Crippen LogP contribution in [0.15, 0.2) is 30.3 Å². The minimum Gasteiger partial charge on any atom is -0.465 e. The van der Waals surface area contributed by atoms with Crippen molar-refractivity contribution >= 4 is 6.09 Å². The van der Waals surface area contributed by atoms with E-state index in [1.807, 2.05) is 30.3 Å². The van der Waals surface area contributed by atoms with Gasteiger partial charge in [0.2, 0.25) is 0 Å². The topological polar surface area (TPSA) is 75.4 Å². The molecule has 0 radical (unpaired) electrons. The lowest BCUT2D eigenvalue weighted by atomic mass is 10.1. The fourth-order valence-electron chi connectivity index (χ4n) is 1.13. The van der Waals surface area contributed by atoms with Gasteiger partial charge in [0.05, 0.1) is 0 Å². The van der Waals surface area contributed by atoms with Gasteiger partial charge in [0.25, 0.3) is 0 Å². The van der Waals surface area contributed by atoms with Crippen LogP contribution >= 0.6 is 0 Å². The number of nitrogens with one attached hydrogen (secondary N) is 1. The summed E-state index contributed by atoms with van der Waals surface area (Å²) in [6.07, 6.45) is 0.810. The first kappa shape index (κ1) is 13.4. The zero-order chi connectivity index (χ0) is 11.5. The van der Waals surface area contributed by atoms with Crippen molar-refractivity contribution in [1.29, 1.82) is 0 Å². The summed E-state index contributed by atoms with van der Waals surface area (Å²) >= 11 is 0.